The number of carbonyl (C=O) groups excluding carboxylic acids is 1. The maximum Gasteiger partial charge on any atom is 0.220 e. The Hall–Kier alpha value is -0.570. The van der Waals surface area contributed by atoms with Crippen LogP contribution in [0.4, 0.5) is 0 Å². The van der Waals surface area contributed by atoms with E-state index >= 15 is 0 Å². The third-order valence-electron chi connectivity index (χ3n) is 4.30. The number of nitrogens with two attached hydrogens (primary N) is 1. The molecule has 1 fully saturated rings. The average molecular weight is 254 g/mol. The van der Waals surface area contributed by atoms with Gasteiger partial charge in [0.15, 0.2) is 0 Å². The smallest absolute Gasteiger partial charge is 0.220 e. The molecule has 0 aromatic rings. The molecule has 0 aromatic carbocycles. The number of hydrogen-bond acceptors (Lipinski definition) is 2. The largest absolute Gasteiger partial charge is 0.356 e. The van der Waals surface area contributed by atoms with Crippen molar-refractivity contribution in [3.63, 3.8) is 0 Å². The third kappa shape index (κ3) is 5.85. The number of nitrogens with one attached hydrogen (secondary N) is 1. The van der Waals surface area contributed by atoms with Gasteiger partial charge >= 0.3 is 0 Å². The quantitative estimate of drug-likeness (QED) is 0.734. The fraction of sp³-hybridized carbons (Fsp3) is 0.933. The van der Waals surface area contributed by atoms with Gasteiger partial charge in [-0.05, 0) is 43.6 Å². The van der Waals surface area contributed by atoms with E-state index in [2.05, 4.69) is 19.2 Å². The molecular formula is C15H30N2O. The highest BCUT2D eigenvalue weighted by molar-refractivity contribution is 5.75. The monoisotopic (exact) mass is 254 g/mol. The molecule has 1 atom stereocenters. The van der Waals surface area contributed by atoms with E-state index in [1.54, 1.807) is 0 Å². The van der Waals surface area contributed by atoms with Gasteiger partial charge in [0.1, 0.15) is 0 Å². The molecule has 1 rings (SSSR count). The van der Waals surface area contributed by atoms with Gasteiger partial charge in [0.25, 0.3) is 0 Å². The standard InChI is InChI=1S/C15H30N2O/c1-13(8-11-16)6-7-14(18)17-12-15(2)9-4-3-5-10-15/h13H,3-12,16H2,1-2H3,(H,17,18). The molecule has 0 radical (unpaired) electrons. The Morgan fingerprint density at radius 3 is 2.56 bits per heavy atom. The molecular weight excluding hydrogens is 224 g/mol. The predicted molar refractivity (Wildman–Crippen MR) is 76.3 cm³/mol. The van der Waals surface area contributed by atoms with Crippen molar-refractivity contribution < 1.29 is 4.79 Å². The molecule has 0 bridgehead atoms. The highest BCUT2D eigenvalue weighted by atomic mass is 16.1. The highest BCUT2D eigenvalue weighted by Gasteiger charge is 2.26. The van der Waals surface area contributed by atoms with Gasteiger partial charge in [0.05, 0.1) is 0 Å². The summed E-state index contributed by atoms with van der Waals surface area (Å²) in [5, 5.41) is 3.12. The Morgan fingerprint density at radius 1 is 1.28 bits per heavy atom. The van der Waals surface area contributed by atoms with Crippen molar-refractivity contribution in [1.82, 2.24) is 5.32 Å². The van der Waals surface area contributed by atoms with Crippen LogP contribution in [0, 0.1) is 11.3 Å². The van der Waals surface area contributed by atoms with Gasteiger partial charge in [-0.1, -0.05) is 33.1 Å². The molecule has 1 unspecified atom stereocenters. The lowest BCUT2D eigenvalue weighted by Gasteiger charge is -2.33. The Kier molecular flexibility index (Phi) is 6.69. The van der Waals surface area contributed by atoms with Crippen molar-refractivity contribution in [2.24, 2.45) is 17.1 Å². The topological polar surface area (TPSA) is 55.1 Å². The molecule has 1 saturated carbocycles. The first kappa shape index (κ1) is 15.5. The lowest BCUT2D eigenvalue weighted by molar-refractivity contribution is -0.122. The molecule has 3 heteroatoms. The number of amides is 1. The second-order valence-corrected chi connectivity index (χ2v) is 6.37. The minimum Gasteiger partial charge on any atom is -0.356 e. The van der Waals surface area contributed by atoms with Crippen LogP contribution in [0.1, 0.15) is 65.2 Å². The minimum atomic E-state index is 0.214. The molecule has 1 aliphatic carbocycles. The summed E-state index contributed by atoms with van der Waals surface area (Å²) in [6.45, 7) is 6.06. The van der Waals surface area contributed by atoms with Crippen LogP contribution < -0.4 is 11.1 Å². The molecule has 0 aromatic heterocycles. The first-order chi connectivity index (χ1) is 8.56. The Labute approximate surface area is 112 Å². The normalized spacial score (nSPS) is 20.4. The van der Waals surface area contributed by atoms with Crippen LogP contribution >= 0.6 is 0 Å². The van der Waals surface area contributed by atoms with Crippen LogP contribution in [-0.4, -0.2) is 19.0 Å². The highest BCUT2D eigenvalue weighted by Crippen LogP contribution is 2.34. The summed E-state index contributed by atoms with van der Waals surface area (Å²) in [5.74, 6) is 0.775. The first-order valence-corrected chi connectivity index (χ1v) is 7.52. The molecule has 1 amide bonds. The van der Waals surface area contributed by atoms with E-state index in [0.717, 1.165) is 25.9 Å². The van der Waals surface area contributed by atoms with Crippen molar-refractivity contribution in [3.8, 4) is 0 Å². The molecule has 0 spiro atoms. The van der Waals surface area contributed by atoms with E-state index in [1.807, 2.05) is 0 Å². The Morgan fingerprint density at radius 2 is 1.94 bits per heavy atom. The van der Waals surface area contributed by atoms with Gasteiger partial charge < -0.3 is 11.1 Å². The van der Waals surface area contributed by atoms with E-state index in [4.69, 9.17) is 5.73 Å². The summed E-state index contributed by atoms with van der Waals surface area (Å²) in [5.41, 5.74) is 5.85. The van der Waals surface area contributed by atoms with Gasteiger partial charge in [-0.25, -0.2) is 0 Å². The van der Waals surface area contributed by atoms with Crippen molar-refractivity contribution in [3.05, 3.63) is 0 Å². The van der Waals surface area contributed by atoms with Gasteiger partial charge in [0.2, 0.25) is 5.91 Å². The molecule has 1 aliphatic rings. The van der Waals surface area contributed by atoms with Crippen molar-refractivity contribution >= 4 is 5.91 Å². The van der Waals surface area contributed by atoms with Gasteiger partial charge in [-0.3, -0.25) is 4.79 Å². The van der Waals surface area contributed by atoms with Gasteiger partial charge in [-0.2, -0.15) is 0 Å². The van der Waals surface area contributed by atoms with Crippen molar-refractivity contribution in [2.75, 3.05) is 13.1 Å². The van der Waals surface area contributed by atoms with Crippen molar-refractivity contribution in [1.29, 1.82) is 0 Å². The van der Waals surface area contributed by atoms with Crippen LogP contribution in [-0.2, 0) is 4.79 Å². The number of rotatable bonds is 7. The van der Waals surface area contributed by atoms with Crippen LogP contribution in [0.2, 0.25) is 0 Å². The lowest BCUT2D eigenvalue weighted by atomic mass is 9.76. The second kappa shape index (κ2) is 7.78. The summed E-state index contributed by atoms with van der Waals surface area (Å²) in [4.78, 5) is 11.8. The van der Waals surface area contributed by atoms with Gasteiger partial charge in [-0.15, -0.1) is 0 Å². The number of hydrogen-bond donors (Lipinski definition) is 2. The first-order valence-electron chi connectivity index (χ1n) is 7.52. The van der Waals surface area contributed by atoms with Crippen molar-refractivity contribution in [2.45, 2.75) is 65.2 Å². The predicted octanol–water partition coefficient (Wildman–Crippen LogP) is 2.84. The van der Waals surface area contributed by atoms with Gasteiger partial charge in [0, 0.05) is 13.0 Å². The zero-order valence-corrected chi connectivity index (χ0v) is 12.1. The molecule has 18 heavy (non-hydrogen) atoms. The Bertz CT molecular complexity index is 247. The molecule has 0 aliphatic heterocycles. The number of carbonyl (C=O) groups is 1. The lowest BCUT2D eigenvalue weighted by Crippen LogP contribution is -2.37. The zero-order chi connectivity index (χ0) is 13.4. The minimum absolute atomic E-state index is 0.214. The summed E-state index contributed by atoms with van der Waals surface area (Å²) >= 11 is 0. The summed E-state index contributed by atoms with van der Waals surface area (Å²) < 4.78 is 0. The van der Waals surface area contributed by atoms with E-state index in [9.17, 15) is 4.79 Å². The molecule has 0 saturated heterocycles. The van der Waals surface area contributed by atoms with E-state index in [0.29, 0.717) is 17.8 Å². The van der Waals surface area contributed by atoms with E-state index in [-0.39, 0.29) is 5.91 Å². The van der Waals surface area contributed by atoms with E-state index < -0.39 is 0 Å². The Balaban J connectivity index is 2.16. The maximum absolute atomic E-state index is 11.8. The molecule has 0 heterocycles. The van der Waals surface area contributed by atoms with Crippen LogP contribution in [0.3, 0.4) is 0 Å². The van der Waals surface area contributed by atoms with Crippen LogP contribution in [0.25, 0.3) is 0 Å². The molecule has 3 nitrogen and oxygen atoms in total. The zero-order valence-electron chi connectivity index (χ0n) is 12.1. The third-order valence-corrected chi connectivity index (χ3v) is 4.30. The SMILES string of the molecule is CC(CCN)CCC(=O)NCC1(C)CCCCC1. The second-order valence-electron chi connectivity index (χ2n) is 6.37. The summed E-state index contributed by atoms with van der Waals surface area (Å²) in [7, 11) is 0. The fourth-order valence-corrected chi connectivity index (χ4v) is 2.79. The fourth-order valence-electron chi connectivity index (χ4n) is 2.79. The summed E-state index contributed by atoms with van der Waals surface area (Å²) in [6.07, 6.45) is 9.15. The van der Waals surface area contributed by atoms with E-state index in [1.165, 1.54) is 32.1 Å². The summed E-state index contributed by atoms with van der Waals surface area (Å²) in [6, 6.07) is 0. The molecule has 3 N–H and O–H groups in total. The average Bonchev–Trinajstić information content (AvgIpc) is 2.35. The molecule has 106 valence electrons. The maximum atomic E-state index is 11.8. The van der Waals surface area contributed by atoms with Crippen LogP contribution in [0.5, 0.6) is 0 Å². The van der Waals surface area contributed by atoms with Crippen LogP contribution in [0.15, 0.2) is 0 Å².